The molecule has 2 rings (SSSR count). The molecule has 2 N–H and O–H groups in total. The van der Waals surface area contributed by atoms with Gasteiger partial charge in [-0.2, -0.15) is 0 Å². The Bertz CT molecular complexity index is 604. The molecule has 0 saturated heterocycles. The molecule has 100 valence electrons. The van der Waals surface area contributed by atoms with Crippen LogP contribution in [0.1, 0.15) is 11.4 Å². The van der Waals surface area contributed by atoms with Crippen molar-refractivity contribution in [3.63, 3.8) is 0 Å². The Hall–Kier alpha value is -2.41. The lowest BCUT2D eigenvalue weighted by Crippen LogP contribution is -1.98. The van der Waals surface area contributed by atoms with Gasteiger partial charge in [0, 0.05) is 20.5 Å². The van der Waals surface area contributed by atoms with Crippen molar-refractivity contribution < 1.29 is 9.66 Å². The normalized spacial score (nSPS) is 10.5. The van der Waals surface area contributed by atoms with Gasteiger partial charge < -0.3 is 20.6 Å². The molecule has 0 aliphatic rings. The molecule has 0 saturated carbocycles. The van der Waals surface area contributed by atoms with Crippen molar-refractivity contribution in [2.24, 2.45) is 12.8 Å². The van der Waals surface area contributed by atoms with Gasteiger partial charge in [0.15, 0.2) is 0 Å². The average molecular weight is 262 g/mol. The van der Waals surface area contributed by atoms with Crippen LogP contribution in [-0.4, -0.2) is 14.5 Å². The van der Waals surface area contributed by atoms with E-state index in [1.807, 2.05) is 12.1 Å². The van der Waals surface area contributed by atoms with Gasteiger partial charge in [-0.3, -0.25) is 4.57 Å². The van der Waals surface area contributed by atoms with E-state index in [0.29, 0.717) is 18.1 Å². The number of nitro groups is 1. The van der Waals surface area contributed by atoms with E-state index in [0.717, 1.165) is 5.56 Å². The minimum Gasteiger partial charge on any atom is -0.434 e. The first kappa shape index (κ1) is 13.0. The summed E-state index contributed by atoms with van der Waals surface area (Å²) in [4.78, 5) is 14.2. The number of hydrogen-bond donors (Lipinski definition) is 1. The van der Waals surface area contributed by atoms with Crippen molar-refractivity contribution in [3.8, 4) is 11.6 Å². The molecule has 1 heterocycles. The van der Waals surface area contributed by atoms with Gasteiger partial charge in [-0.05, 0) is 27.6 Å². The summed E-state index contributed by atoms with van der Waals surface area (Å²) in [5.74, 6) is 0.842. The fourth-order valence-corrected chi connectivity index (χ4v) is 1.61. The molecule has 0 bridgehead atoms. The minimum atomic E-state index is -0.559. The predicted octanol–water partition coefficient (Wildman–Crippen LogP) is 1.89. The van der Waals surface area contributed by atoms with Crippen LogP contribution < -0.4 is 10.5 Å². The van der Waals surface area contributed by atoms with Crippen LogP contribution in [0.4, 0.5) is 5.82 Å². The standard InChI is InChI=1S/C12H14N4O3/c1-8-14-11(16(17)18)12(15(8)2)19-10-5-3-9(7-13)4-6-10/h3-6H,7,13H2,1-2H3. The van der Waals surface area contributed by atoms with Crippen molar-refractivity contribution in [1.29, 1.82) is 0 Å². The summed E-state index contributed by atoms with van der Waals surface area (Å²) in [6, 6.07) is 7.05. The molecule has 0 spiro atoms. The second-order valence-corrected chi connectivity index (χ2v) is 4.05. The van der Waals surface area contributed by atoms with Crippen molar-refractivity contribution >= 4 is 5.82 Å². The molecule has 0 unspecified atom stereocenters. The highest BCUT2D eigenvalue weighted by Gasteiger charge is 2.25. The van der Waals surface area contributed by atoms with Gasteiger partial charge >= 0.3 is 11.7 Å². The van der Waals surface area contributed by atoms with Crippen LogP contribution in [0.3, 0.4) is 0 Å². The minimum absolute atomic E-state index is 0.114. The zero-order valence-corrected chi connectivity index (χ0v) is 10.7. The van der Waals surface area contributed by atoms with Crippen LogP contribution in [0.5, 0.6) is 11.6 Å². The summed E-state index contributed by atoms with van der Waals surface area (Å²) in [5, 5.41) is 10.9. The quantitative estimate of drug-likeness (QED) is 0.670. The molecular weight excluding hydrogens is 248 g/mol. The zero-order valence-electron chi connectivity index (χ0n) is 10.7. The molecule has 0 atom stereocenters. The van der Waals surface area contributed by atoms with Gasteiger partial charge in [0.25, 0.3) is 0 Å². The van der Waals surface area contributed by atoms with Crippen LogP contribution in [0.2, 0.25) is 0 Å². The number of hydrogen-bond acceptors (Lipinski definition) is 5. The zero-order chi connectivity index (χ0) is 14.0. The molecule has 1 aromatic heterocycles. The Morgan fingerprint density at radius 1 is 1.42 bits per heavy atom. The third-order valence-electron chi connectivity index (χ3n) is 2.80. The molecule has 7 nitrogen and oxygen atoms in total. The molecule has 2 aromatic rings. The Kier molecular flexibility index (Phi) is 3.48. The fraction of sp³-hybridized carbons (Fsp3) is 0.250. The number of imidazole rings is 1. The Morgan fingerprint density at radius 2 is 2.05 bits per heavy atom. The molecule has 0 aliphatic carbocycles. The summed E-state index contributed by atoms with van der Waals surface area (Å²) < 4.78 is 7.08. The summed E-state index contributed by atoms with van der Waals surface area (Å²) >= 11 is 0. The molecular formula is C12H14N4O3. The lowest BCUT2D eigenvalue weighted by atomic mass is 10.2. The Labute approximate surface area is 109 Å². The van der Waals surface area contributed by atoms with Crippen LogP contribution >= 0.6 is 0 Å². The van der Waals surface area contributed by atoms with Gasteiger partial charge in [-0.1, -0.05) is 12.1 Å². The highest BCUT2D eigenvalue weighted by Crippen LogP contribution is 2.31. The molecule has 1 aromatic carbocycles. The Morgan fingerprint density at radius 3 is 2.58 bits per heavy atom. The van der Waals surface area contributed by atoms with Crippen LogP contribution in [0.25, 0.3) is 0 Å². The van der Waals surface area contributed by atoms with Crippen molar-refractivity contribution in [2.75, 3.05) is 0 Å². The Balaban J connectivity index is 2.34. The van der Waals surface area contributed by atoms with Crippen molar-refractivity contribution in [1.82, 2.24) is 9.55 Å². The van der Waals surface area contributed by atoms with Gasteiger partial charge in [0.1, 0.15) is 5.75 Å². The topological polar surface area (TPSA) is 96.2 Å². The molecule has 0 aliphatic heterocycles. The first-order chi connectivity index (χ1) is 9.02. The molecule has 7 heteroatoms. The average Bonchev–Trinajstić information content (AvgIpc) is 2.68. The van der Waals surface area contributed by atoms with E-state index in [9.17, 15) is 10.1 Å². The van der Waals surface area contributed by atoms with E-state index >= 15 is 0 Å². The third kappa shape index (κ3) is 2.55. The summed E-state index contributed by atoms with van der Waals surface area (Å²) in [6.07, 6.45) is 0. The van der Waals surface area contributed by atoms with Gasteiger partial charge in [-0.15, -0.1) is 0 Å². The van der Waals surface area contributed by atoms with Crippen LogP contribution in [0.15, 0.2) is 24.3 Å². The van der Waals surface area contributed by atoms with E-state index < -0.39 is 4.92 Å². The summed E-state index contributed by atoms with van der Waals surface area (Å²) in [7, 11) is 1.67. The first-order valence-corrected chi connectivity index (χ1v) is 5.67. The molecule has 19 heavy (non-hydrogen) atoms. The second kappa shape index (κ2) is 5.07. The largest absolute Gasteiger partial charge is 0.434 e. The van der Waals surface area contributed by atoms with Crippen LogP contribution in [0, 0.1) is 17.0 Å². The lowest BCUT2D eigenvalue weighted by Gasteiger charge is -2.06. The molecule has 0 amide bonds. The van der Waals surface area contributed by atoms with Gasteiger partial charge in [0.2, 0.25) is 5.82 Å². The SMILES string of the molecule is Cc1nc([N+](=O)[O-])c(Oc2ccc(CN)cc2)n1C. The number of nitrogens with zero attached hydrogens (tertiary/aromatic N) is 3. The van der Waals surface area contributed by atoms with Gasteiger partial charge in [0.05, 0.1) is 0 Å². The van der Waals surface area contributed by atoms with E-state index in [-0.39, 0.29) is 11.7 Å². The lowest BCUT2D eigenvalue weighted by molar-refractivity contribution is -0.390. The molecule has 0 fully saturated rings. The van der Waals surface area contributed by atoms with E-state index in [2.05, 4.69) is 4.98 Å². The number of nitrogens with two attached hydrogens (primary N) is 1. The van der Waals surface area contributed by atoms with E-state index in [1.165, 1.54) is 4.57 Å². The van der Waals surface area contributed by atoms with Crippen LogP contribution in [-0.2, 0) is 13.6 Å². The smallest absolute Gasteiger partial charge is 0.427 e. The number of benzene rings is 1. The number of rotatable bonds is 4. The summed E-state index contributed by atoms with van der Waals surface area (Å²) in [6.45, 7) is 2.11. The van der Waals surface area contributed by atoms with Crippen molar-refractivity contribution in [2.45, 2.75) is 13.5 Å². The third-order valence-corrected chi connectivity index (χ3v) is 2.80. The number of aromatic nitrogens is 2. The monoisotopic (exact) mass is 262 g/mol. The second-order valence-electron chi connectivity index (χ2n) is 4.05. The maximum Gasteiger partial charge on any atom is 0.427 e. The molecule has 0 radical (unpaired) electrons. The van der Waals surface area contributed by atoms with E-state index in [1.54, 1.807) is 26.1 Å². The fourth-order valence-electron chi connectivity index (χ4n) is 1.61. The highest BCUT2D eigenvalue weighted by molar-refractivity contribution is 5.40. The highest BCUT2D eigenvalue weighted by atomic mass is 16.6. The number of ether oxygens (including phenoxy) is 1. The van der Waals surface area contributed by atoms with Gasteiger partial charge in [-0.25, -0.2) is 0 Å². The van der Waals surface area contributed by atoms with E-state index in [4.69, 9.17) is 10.5 Å². The summed E-state index contributed by atoms with van der Waals surface area (Å²) in [5.41, 5.74) is 6.46. The maximum atomic E-state index is 10.9. The van der Waals surface area contributed by atoms with Crippen molar-refractivity contribution in [3.05, 3.63) is 45.8 Å². The predicted molar refractivity (Wildman–Crippen MR) is 69.0 cm³/mol. The maximum absolute atomic E-state index is 10.9. The first-order valence-electron chi connectivity index (χ1n) is 5.67. The number of aryl methyl sites for hydroxylation is 1.